The summed E-state index contributed by atoms with van der Waals surface area (Å²) in [5.74, 6) is 0. The number of fused-ring (bicyclic) bond motifs is 1. The lowest BCUT2D eigenvalue weighted by Gasteiger charge is -2.28. The average molecular weight is 843 g/mol. The molecule has 0 aromatic heterocycles. The SMILES string of the molecule is c1ccc(-c2ccc(-c3ccc(N(c4ccccc4)c4ccc(-c5ccc(N(c6ccc(-c7ccccc7)cc6)c6ccc(-c7ccccc7)cc6)cc5)cc4)c4ccccc34)cc2)cc1. The molecule has 11 aromatic carbocycles. The van der Waals surface area contributed by atoms with Crippen LogP contribution >= 0.6 is 0 Å². The first-order valence-electron chi connectivity index (χ1n) is 22.6. The molecule has 2 heteroatoms. The second-order valence-corrected chi connectivity index (χ2v) is 16.5. The van der Waals surface area contributed by atoms with Crippen LogP contribution in [0, 0.1) is 0 Å². The molecule has 0 aliphatic carbocycles. The van der Waals surface area contributed by atoms with Gasteiger partial charge in [-0.25, -0.2) is 0 Å². The molecule has 0 radical (unpaired) electrons. The van der Waals surface area contributed by atoms with Crippen molar-refractivity contribution in [2.24, 2.45) is 0 Å². The molecule has 0 atom stereocenters. The fourth-order valence-corrected chi connectivity index (χ4v) is 9.13. The highest BCUT2D eigenvalue weighted by molar-refractivity contribution is 6.06. The van der Waals surface area contributed by atoms with Gasteiger partial charge in [0, 0.05) is 33.8 Å². The summed E-state index contributed by atoms with van der Waals surface area (Å²) in [7, 11) is 0. The maximum atomic E-state index is 2.38. The molecule has 0 aliphatic heterocycles. The van der Waals surface area contributed by atoms with Gasteiger partial charge in [-0.2, -0.15) is 0 Å². The van der Waals surface area contributed by atoms with E-state index in [0.717, 1.165) is 45.3 Å². The lowest BCUT2D eigenvalue weighted by molar-refractivity contribution is 1.28. The minimum absolute atomic E-state index is 1.09. The maximum absolute atomic E-state index is 2.38. The van der Waals surface area contributed by atoms with Crippen LogP contribution in [-0.4, -0.2) is 0 Å². The van der Waals surface area contributed by atoms with Crippen molar-refractivity contribution in [1.82, 2.24) is 0 Å². The molecule has 0 saturated heterocycles. The van der Waals surface area contributed by atoms with Gasteiger partial charge in [0.05, 0.1) is 5.69 Å². The van der Waals surface area contributed by atoms with Gasteiger partial charge in [-0.05, 0) is 128 Å². The Morgan fingerprint density at radius 1 is 0.167 bits per heavy atom. The first-order valence-corrected chi connectivity index (χ1v) is 22.6. The van der Waals surface area contributed by atoms with E-state index in [9.17, 15) is 0 Å². The number of nitrogens with zero attached hydrogens (tertiary/aromatic N) is 2. The maximum Gasteiger partial charge on any atom is 0.0540 e. The van der Waals surface area contributed by atoms with Gasteiger partial charge < -0.3 is 9.80 Å². The monoisotopic (exact) mass is 842 g/mol. The Hall–Kier alpha value is -8.72. The van der Waals surface area contributed by atoms with Crippen molar-refractivity contribution in [2.45, 2.75) is 0 Å². The lowest BCUT2D eigenvalue weighted by atomic mass is 9.94. The molecule has 0 unspecified atom stereocenters. The van der Waals surface area contributed by atoms with E-state index in [2.05, 4.69) is 289 Å². The third-order valence-electron chi connectivity index (χ3n) is 12.5. The molecule has 0 heterocycles. The quantitative estimate of drug-likeness (QED) is 0.128. The molecule has 0 aliphatic rings. The smallest absolute Gasteiger partial charge is 0.0540 e. The van der Waals surface area contributed by atoms with Crippen LogP contribution in [-0.2, 0) is 0 Å². The largest absolute Gasteiger partial charge is 0.311 e. The molecule has 312 valence electrons. The Balaban J connectivity index is 0.912. The molecule has 0 fully saturated rings. The van der Waals surface area contributed by atoms with Gasteiger partial charge in [-0.3, -0.25) is 0 Å². The van der Waals surface area contributed by atoms with Crippen molar-refractivity contribution in [2.75, 3.05) is 9.80 Å². The van der Waals surface area contributed by atoms with Crippen LogP contribution in [0.15, 0.2) is 279 Å². The summed E-state index contributed by atoms with van der Waals surface area (Å²) in [5.41, 5.74) is 18.6. The number of benzene rings is 11. The number of rotatable bonds is 11. The van der Waals surface area contributed by atoms with Crippen LogP contribution in [0.2, 0.25) is 0 Å². The Labute approximate surface area is 387 Å². The van der Waals surface area contributed by atoms with Crippen LogP contribution in [0.1, 0.15) is 0 Å². The molecule has 0 amide bonds. The van der Waals surface area contributed by atoms with E-state index in [1.807, 2.05) is 0 Å². The highest BCUT2D eigenvalue weighted by atomic mass is 15.1. The van der Waals surface area contributed by atoms with Crippen LogP contribution in [0.4, 0.5) is 34.1 Å². The first kappa shape index (κ1) is 40.1. The summed E-state index contributed by atoms with van der Waals surface area (Å²) in [5, 5.41) is 2.41. The molecule has 11 aromatic rings. The Morgan fingerprint density at radius 3 is 0.833 bits per heavy atom. The zero-order valence-corrected chi connectivity index (χ0v) is 36.5. The van der Waals surface area contributed by atoms with Gasteiger partial charge in [-0.15, -0.1) is 0 Å². The fourth-order valence-electron chi connectivity index (χ4n) is 9.13. The topological polar surface area (TPSA) is 6.48 Å². The molecule has 66 heavy (non-hydrogen) atoms. The molecular weight excluding hydrogens is 797 g/mol. The van der Waals surface area contributed by atoms with Gasteiger partial charge >= 0.3 is 0 Å². The average Bonchev–Trinajstić information content (AvgIpc) is 3.41. The molecule has 11 rings (SSSR count). The molecule has 0 saturated carbocycles. The Bertz CT molecular complexity index is 3250. The van der Waals surface area contributed by atoms with Crippen LogP contribution in [0.3, 0.4) is 0 Å². The van der Waals surface area contributed by atoms with E-state index in [-0.39, 0.29) is 0 Å². The predicted octanol–water partition coefficient (Wildman–Crippen LogP) is 18.1. The van der Waals surface area contributed by atoms with Crippen LogP contribution in [0.25, 0.3) is 66.4 Å². The van der Waals surface area contributed by atoms with E-state index in [4.69, 9.17) is 0 Å². The van der Waals surface area contributed by atoms with E-state index >= 15 is 0 Å². The minimum atomic E-state index is 1.09. The fraction of sp³-hybridized carbons (Fsp3) is 0. The number of para-hydroxylation sites is 1. The van der Waals surface area contributed by atoms with Crippen molar-refractivity contribution in [1.29, 1.82) is 0 Å². The standard InChI is InChI=1S/C64H46N2/c1-5-15-47(16-6-1)50-25-27-55(28-26-50)61-45-46-64(63-24-14-13-23-62(61)63)66(56-21-11-4-12-22-56)60-43-35-54(36-44-60)53-33-41-59(42-34-53)65(57-37-29-51(30-38-57)48-17-7-2-8-18-48)58-39-31-52(32-40-58)49-19-9-3-10-20-49/h1-46H. The summed E-state index contributed by atoms with van der Waals surface area (Å²) >= 11 is 0. The zero-order valence-electron chi connectivity index (χ0n) is 36.5. The highest BCUT2D eigenvalue weighted by Crippen LogP contribution is 2.43. The van der Waals surface area contributed by atoms with E-state index in [1.54, 1.807) is 0 Å². The van der Waals surface area contributed by atoms with Gasteiger partial charge in [0.2, 0.25) is 0 Å². The lowest BCUT2D eigenvalue weighted by Crippen LogP contribution is -2.10. The zero-order chi connectivity index (χ0) is 44.1. The highest BCUT2D eigenvalue weighted by Gasteiger charge is 2.18. The van der Waals surface area contributed by atoms with Crippen molar-refractivity contribution < 1.29 is 0 Å². The first-order chi connectivity index (χ1) is 32.7. The Morgan fingerprint density at radius 2 is 0.439 bits per heavy atom. The van der Waals surface area contributed by atoms with Gasteiger partial charge in [0.1, 0.15) is 0 Å². The van der Waals surface area contributed by atoms with Crippen molar-refractivity contribution >= 4 is 44.9 Å². The predicted molar refractivity (Wildman–Crippen MR) is 280 cm³/mol. The van der Waals surface area contributed by atoms with Crippen molar-refractivity contribution in [3.8, 4) is 55.6 Å². The van der Waals surface area contributed by atoms with Crippen molar-refractivity contribution in [3.05, 3.63) is 279 Å². The van der Waals surface area contributed by atoms with Crippen LogP contribution in [0.5, 0.6) is 0 Å². The molecule has 0 spiro atoms. The van der Waals surface area contributed by atoms with E-state index in [1.165, 1.54) is 55.3 Å². The second-order valence-electron chi connectivity index (χ2n) is 16.5. The van der Waals surface area contributed by atoms with Gasteiger partial charge in [0.25, 0.3) is 0 Å². The molecular formula is C64H46N2. The van der Waals surface area contributed by atoms with E-state index < -0.39 is 0 Å². The normalized spacial score (nSPS) is 11.0. The molecule has 0 bridgehead atoms. The molecule has 2 nitrogen and oxygen atoms in total. The van der Waals surface area contributed by atoms with Crippen molar-refractivity contribution in [3.63, 3.8) is 0 Å². The number of hydrogen-bond donors (Lipinski definition) is 0. The summed E-state index contributed by atoms with van der Waals surface area (Å²) in [4.78, 5) is 4.71. The van der Waals surface area contributed by atoms with E-state index in [0.29, 0.717) is 0 Å². The number of hydrogen-bond acceptors (Lipinski definition) is 2. The third-order valence-corrected chi connectivity index (χ3v) is 12.5. The summed E-state index contributed by atoms with van der Waals surface area (Å²) in [6.07, 6.45) is 0. The van der Waals surface area contributed by atoms with Gasteiger partial charge in [0.15, 0.2) is 0 Å². The molecule has 0 N–H and O–H groups in total. The third kappa shape index (κ3) is 8.16. The second kappa shape index (κ2) is 18.2. The Kier molecular flexibility index (Phi) is 11.0. The summed E-state index contributed by atoms with van der Waals surface area (Å²) in [6.45, 7) is 0. The number of anilines is 6. The summed E-state index contributed by atoms with van der Waals surface area (Å²) in [6, 6.07) is 100. The summed E-state index contributed by atoms with van der Waals surface area (Å²) < 4.78 is 0. The minimum Gasteiger partial charge on any atom is -0.311 e. The van der Waals surface area contributed by atoms with Gasteiger partial charge in [-0.1, -0.05) is 212 Å². The van der Waals surface area contributed by atoms with Crippen LogP contribution < -0.4 is 9.80 Å².